The molecule has 3 aromatic rings. The molecule has 30 heavy (non-hydrogen) atoms. The van der Waals surface area contributed by atoms with Crippen molar-refractivity contribution < 1.29 is 23.7 Å². The van der Waals surface area contributed by atoms with E-state index in [4.69, 9.17) is 23.7 Å². The molecule has 1 aromatic heterocycles. The van der Waals surface area contributed by atoms with Crippen molar-refractivity contribution in [1.29, 1.82) is 0 Å². The van der Waals surface area contributed by atoms with Gasteiger partial charge >= 0.3 is 0 Å². The first-order chi connectivity index (χ1) is 14.7. The van der Waals surface area contributed by atoms with Crippen molar-refractivity contribution in [3.63, 3.8) is 0 Å². The Hall–Kier alpha value is -3.35. The van der Waals surface area contributed by atoms with Gasteiger partial charge in [0.15, 0.2) is 23.0 Å². The van der Waals surface area contributed by atoms with Crippen molar-refractivity contribution >= 4 is 0 Å². The summed E-state index contributed by atoms with van der Waals surface area (Å²) in [5, 5.41) is 0. The normalized spacial score (nSPS) is 12.9. The standard InChI is InChI=1S/C23H26N2O5/c1-16-5-6-19(21(11-16)27-3)30-10-7-25-15-24-14-18(25)17-12-22-23(13-20(17)26-2)29-9-4-8-28-22/h5-6,11-15H,4,7-10H2,1-3H3. The summed E-state index contributed by atoms with van der Waals surface area (Å²) in [6, 6.07) is 9.72. The van der Waals surface area contributed by atoms with Crippen LogP contribution in [0.5, 0.6) is 28.7 Å². The van der Waals surface area contributed by atoms with Crippen molar-refractivity contribution in [1.82, 2.24) is 9.55 Å². The van der Waals surface area contributed by atoms with Gasteiger partial charge in [-0.3, -0.25) is 0 Å². The van der Waals surface area contributed by atoms with Gasteiger partial charge in [-0.15, -0.1) is 0 Å². The van der Waals surface area contributed by atoms with E-state index in [9.17, 15) is 0 Å². The Morgan fingerprint density at radius 1 is 0.967 bits per heavy atom. The van der Waals surface area contributed by atoms with E-state index in [0.29, 0.717) is 37.9 Å². The van der Waals surface area contributed by atoms with Crippen LogP contribution in [0.4, 0.5) is 0 Å². The van der Waals surface area contributed by atoms with Crippen LogP contribution in [0.25, 0.3) is 11.3 Å². The van der Waals surface area contributed by atoms with Gasteiger partial charge in [-0.2, -0.15) is 0 Å². The van der Waals surface area contributed by atoms with Crippen molar-refractivity contribution in [3.8, 4) is 40.0 Å². The first kappa shape index (κ1) is 19.9. The lowest BCUT2D eigenvalue weighted by Gasteiger charge is -2.16. The van der Waals surface area contributed by atoms with E-state index in [1.807, 2.05) is 48.0 Å². The van der Waals surface area contributed by atoms with Gasteiger partial charge < -0.3 is 28.3 Å². The molecule has 7 heteroatoms. The average molecular weight is 410 g/mol. The Kier molecular flexibility index (Phi) is 5.97. The van der Waals surface area contributed by atoms with Gasteiger partial charge in [-0.25, -0.2) is 4.98 Å². The highest BCUT2D eigenvalue weighted by Gasteiger charge is 2.19. The average Bonchev–Trinajstić information content (AvgIpc) is 3.10. The van der Waals surface area contributed by atoms with Gasteiger partial charge in [0, 0.05) is 18.1 Å². The minimum absolute atomic E-state index is 0.468. The van der Waals surface area contributed by atoms with Crippen LogP contribution < -0.4 is 23.7 Å². The molecule has 0 N–H and O–H groups in total. The molecule has 7 nitrogen and oxygen atoms in total. The monoisotopic (exact) mass is 410 g/mol. The highest BCUT2D eigenvalue weighted by atomic mass is 16.5. The van der Waals surface area contributed by atoms with E-state index in [1.165, 1.54) is 0 Å². The zero-order valence-electron chi connectivity index (χ0n) is 17.5. The molecule has 1 aliphatic heterocycles. The lowest BCUT2D eigenvalue weighted by molar-refractivity contribution is 0.280. The number of ether oxygens (including phenoxy) is 5. The minimum atomic E-state index is 0.468. The van der Waals surface area contributed by atoms with Crippen LogP contribution >= 0.6 is 0 Å². The summed E-state index contributed by atoms with van der Waals surface area (Å²) in [6.07, 6.45) is 4.45. The van der Waals surface area contributed by atoms with Gasteiger partial charge in [0.05, 0.1) is 52.2 Å². The molecule has 1 aliphatic rings. The van der Waals surface area contributed by atoms with E-state index in [-0.39, 0.29) is 0 Å². The number of aryl methyl sites for hydroxylation is 1. The molecule has 0 saturated heterocycles. The number of hydrogen-bond acceptors (Lipinski definition) is 6. The number of benzene rings is 2. The maximum Gasteiger partial charge on any atom is 0.164 e. The fourth-order valence-electron chi connectivity index (χ4n) is 3.43. The van der Waals surface area contributed by atoms with Crippen molar-refractivity contribution in [2.24, 2.45) is 0 Å². The van der Waals surface area contributed by atoms with Crippen molar-refractivity contribution in [2.75, 3.05) is 34.0 Å². The number of rotatable bonds is 7. The summed E-state index contributed by atoms with van der Waals surface area (Å²) in [7, 11) is 3.29. The van der Waals surface area contributed by atoms with E-state index in [2.05, 4.69) is 4.98 Å². The van der Waals surface area contributed by atoms with Crippen molar-refractivity contribution in [2.45, 2.75) is 19.9 Å². The van der Waals surface area contributed by atoms with Crippen molar-refractivity contribution in [3.05, 3.63) is 48.4 Å². The topological polar surface area (TPSA) is 64.0 Å². The highest BCUT2D eigenvalue weighted by Crippen LogP contribution is 2.41. The predicted molar refractivity (Wildman–Crippen MR) is 113 cm³/mol. The zero-order chi connectivity index (χ0) is 20.9. The first-order valence-electron chi connectivity index (χ1n) is 9.95. The van der Waals surface area contributed by atoms with Gasteiger partial charge in [-0.05, 0) is 30.7 Å². The fraction of sp³-hybridized carbons (Fsp3) is 0.348. The summed E-state index contributed by atoms with van der Waals surface area (Å²) in [5.74, 6) is 3.58. The third kappa shape index (κ3) is 4.15. The Balaban J connectivity index is 1.54. The molecule has 0 fully saturated rings. The number of aromatic nitrogens is 2. The van der Waals surface area contributed by atoms with Crippen LogP contribution in [0.3, 0.4) is 0 Å². The van der Waals surface area contributed by atoms with Gasteiger partial charge in [0.2, 0.25) is 0 Å². The molecule has 0 amide bonds. The number of imidazole rings is 1. The summed E-state index contributed by atoms with van der Waals surface area (Å²) in [4.78, 5) is 4.33. The third-order valence-electron chi connectivity index (χ3n) is 4.97. The maximum absolute atomic E-state index is 5.96. The molecular formula is C23H26N2O5. The van der Waals surface area contributed by atoms with Crippen LogP contribution in [-0.4, -0.2) is 43.6 Å². The molecule has 2 aromatic carbocycles. The van der Waals surface area contributed by atoms with E-state index >= 15 is 0 Å². The lowest BCUT2D eigenvalue weighted by Crippen LogP contribution is -2.09. The molecule has 0 saturated carbocycles. The van der Waals surface area contributed by atoms with Gasteiger partial charge in [0.25, 0.3) is 0 Å². The molecule has 4 rings (SSSR count). The second-order valence-corrected chi connectivity index (χ2v) is 7.02. The summed E-state index contributed by atoms with van der Waals surface area (Å²) < 4.78 is 30.7. The summed E-state index contributed by atoms with van der Waals surface area (Å²) in [5.41, 5.74) is 2.94. The predicted octanol–water partition coefficient (Wildman–Crippen LogP) is 4.12. The van der Waals surface area contributed by atoms with E-state index in [0.717, 1.165) is 40.5 Å². The summed E-state index contributed by atoms with van der Waals surface area (Å²) in [6.45, 7) is 4.36. The SMILES string of the molecule is COc1cc(C)ccc1OCCn1cncc1-c1cc2c(cc1OC)OCCCO2. The molecular weight excluding hydrogens is 384 g/mol. The fourth-order valence-corrected chi connectivity index (χ4v) is 3.43. The van der Waals surface area contributed by atoms with Crippen LogP contribution in [-0.2, 0) is 6.54 Å². The van der Waals surface area contributed by atoms with Crippen LogP contribution in [0, 0.1) is 6.92 Å². The quantitative estimate of drug-likeness (QED) is 0.584. The molecule has 0 radical (unpaired) electrons. The number of nitrogens with zero attached hydrogens (tertiary/aromatic N) is 2. The molecule has 0 atom stereocenters. The Bertz CT molecular complexity index is 1010. The van der Waals surface area contributed by atoms with Crippen LogP contribution in [0.1, 0.15) is 12.0 Å². The molecule has 0 aliphatic carbocycles. The van der Waals surface area contributed by atoms with Gasteiger partial charge in [-0.1, -0.05) is 6.07 Å². The smallest absolute Gasteiger partial charge is 0.164 e. The summed E-state index contributed by atoms with van der Waals surface area (Å²) >= 11 is 0. The number of methoxy groups -OCH3 is 2. The highest BCUT2D eigenvalue weighted by molar-refractivity contribution is 5.72. The third-order valence-corrected chi connectivity index (χ3v) is 4.97. The van der Waals surface area contributed by atoms with E-state index < -0.39 is 0 Å². The second-order valence-electron chi connectivity index (χ2n) is 7.02. The van der Waals surface area contributed by atoms with Gasteiger partial charge in [0.1, 0.15) is 12.4 Å². The maximum atomic E-state index is 5.96. The largest absolute Gasteiger partial charge is 0.496 e. The lowest BCUT2D eigenvalue weighted by atomic mass is 10.1. The molecule has 2 heterocycles. The molecule has 0 bridgehead atoms. The minimum Gasteiger partial charge on any atom is -0.496 e. The Labute approximate surface area is 176 Å². The van der Waals surface area contributed by atoms with Crippen LogP contribution in [0.15, 0.2) is 42.9 Å². The molecule has 0 unspecified atom stereocenters. The first-order valence-corrected chi connectivity index (χ1v) is 9.95. The number of hydrogen-bond donors (Lipinski definition) is 0. The van der Waals surface area contributed by atoms with Crippen LogP contribution in [0.2, 0.25) is 0 Å². The van der Waals surface area contributed by atoms with E-state index in [1.54, 1.807) is 20.5 Å². The zero-order valence-corrected chi connectivity index (χ0v) is 17.5. The molecule has 0 spiro atoms. The molecule has 158 valence electrons. The Morgan fingerprint density at radius 2 is 1.73 bits per heavy atom. The number of fused-ring (bicyclic) bond motifs is 1. The second kappa shape index (κ2) is 8.98. The Morgan fingerprint density at radius 3 is 2.50 bits per heavy atom.